The lowest BCUT2D eigenvalue weighted by atomic mass is 10.1. The number of amides is 1. The van der Waals surface area contributed by atoms with E-state index < -0.39 is 9.84 Å². The summed E-state index contributed by atoms with van der Waals surface area (Å²) in [5, 5.41) is 5.81. The molecule has 0 aromatic carbocycles. The van der Waals surface area contributed by atoms with Gasteiger partial charge in [0.2, 0.25) is 5.91 Å². The molecule has 1 aliphatic rings. The molecule has 1 saturated heterocycles. The molecule has 3 aromatic heterocycles. The molecule has 1 aliphatic heterocycles. The number of rotatable bonds is 8. The van der Waals surface area contributed by atoms with Gasteiger partial charge in [-0.25, -0.2) is 18.4 Å². The molecule has 11 nitrogen and oxygen atoms in total. The van der Waals surface area contributed by atoms with Crippen molar-refractivity contribution in [3.05, 3.63) is 48.3 Å². The number of methoxy groups -OCH3 is 1. The Morgan fingerprint density at radius 1 is 1.10 bits per heavy atom. The van der Waals surface area contributed by atoms with Crippen LogP contribution in [0.3, 0.4) is 0 Å². The first-order valence-corrected chi connectivity index (χ1v) is 14.5. The number of hydrogen-bond donors (Lipinski definition) is 2. The van der Waals surface area contributed by atoms with Crippen LogP contribution in [0.5, 0.6) is 0 Å². The zero-order valence-corrected chi connectivity index (χ0v) is 23.7. The maximum atomic E-state index is 12.4. The zero-order valence-electron chi connectivity index (χ0n) is 22.9. The van der Waals surface area contributed by atoms with E-state index in [9.17, 15) is 13.2 Å². The van der Waals surface area contributed by atoms with E-state index in [1.54, 1.807) is 25.4 Å². The molecule has 0 spiro atoms. The van der Waals surface area contributed by atoms with Gasteiger partial charge in [0.15, 0.2) is 14.9 Å². The van der Waals surface area contributed by atoms with Crippen LogP contribution in [0.2, 0.25) is 0 Å². The number of carbonyl (C=O) groups is 1. The second-order valence-electron chi connectivity index (χ2n) is 9.76. The molecule has 39 heavy (non-hydrogen) atoms. The summed E-state index contributed by atoms with van der Waals surface area (Å²) in [4.78, 5) is 27.3. The highest BCUT2D eigenvalue weighted by molar-refractivity contribution is 7.90. The number of nitrogens with one attached hydrogen (secondary N) is 2. The lowest BCUT2D eigenvalue weighted by Gasteiger charge is -2.36. The average Bonchev–Trinajstić information content (AvgIpc) is 2.87. The van der Waals surface area contributed by atoms with E-state index in [1.165, 1.54) is 13.0 Å². The number of aromatic nitrogens is 3. The molecule has 0 bridgehead atoms. The number of nitrogens with zero attached hydrogens (tertiary/aromatic N) is 4. The molecule has 0 aliphatic carbocycles. The molecule has 2 N–H and O–H groups in total. The fourth-order valence-corrected chi connectivity index (χ4v) is 5.04. The van der Waals surface area contributed by atoms with E-state index in [-0.39, 0.29) is 29.2 Å². The average molecular weight is 555 g/mol. The summed E-state index contributed by atoms with van der Waals surface area (Å²) in [6.45, 7) is 8.86. The fraction of sp³-hybridized carbons (Fsp3) is 0.407. The first kappa shape index (κ1) is 28.4. The number of hydrogen-bond acceptors (Lipinski definition) is 10. The number of sulfone groups is 1. The van der Waals surface area contributed by atoms with Gasteiger partial charge in [0.1, 0.15) is 11.6 Å². The topological polar surface area (TPSA) is 136 Å². The smallest absolute Gasteiger partial charge is 0.222 e. The molecule has 4 rings (SSSR count). The first-order valence-electron chi connectivity index (χ1n) is 12.6. The van der Waals surface area contributed by atoms with Gasteiger partial charge in [0, 0.05) is 51.2 Å². The van der Waals surface area contributed by atoms with Crippen LogP contribution in [0.25, 0.3) is 11.3 Å². The van der Waals surface area contributed by atoms with Gasteiger partial charge in [-0.15, -0.1) is 0 Å². The standard InChI is InChI=1S/C27H34N6O5S/c1-16-14-33(15-17(2)38-16)21-7-8-23(28-12-21)22-13-29-25(30-19(4)34)11-24(22)31-26-9-20(18(3)37-5)10-27(32-26)39(6,35)36/h7-13,16-18H,14-15H2,1-6H3,(H2,29,30,31,32,34)/t16-,17+,18-/m0/s1. The van der Waals surface area contributed by atoms with Crippen LogP contribution < -0.4 is 15.5 Å². The Morgan fingerprint density at radius 3 is 2.41 bits per heavy atom. The van der Waals surface area contributed by atoms with Gasteiger partial charge < -0.3 is 25.0 Å². The van der Waals surface area contributed by atoms with Gasteiger partial charge >= 0.3 is 0 Å². The minimum atomic E-state index is -3.59. The van der Waals surface area contributed by atoms with Crippen molar-refractivity contribution in [1.29, 1.82) is 0 Å². The number of anilines is 4. The summed E-state index contributed by atoms with van der Waals surface area (Å²) < 4.78 is 36.0. The predicted molar refractivity (Wildman–Crippen MR) is 150 cm³/mol. The van der Waals surface area contributed by atoms with Crippen molar-refractivity contribution >= 4 is 38.8 Å². The molecule has 0 saturated carbocycles. The van der Waals surface area contributed by atoms with Crippen molar-refractivity contribution in [2.45, 2.75) is 51.0 Å². The quantitative estimate of drug-likeness (QED) is 0.421. The summed E-state index contributed by atoms with van der Waals surface area (Å²) in [6, 6.07) is 8.78. The highest BCUT2D eigenvalue weighted by Gasteiger charge is 2.23. The third kappa shape index (κ3) is 7.08. The minimum Gasteiger partial charge on any atom is -0.377 e. The van der Waals surface area contributed by atoms with Crippen molar-refractivity contribution in [1.82, 2.24) is 15.0 Å². The lowest BCUT2D eigenvalue weighted by molar-refractivity contribution is -0.114. The van der Waals surface area contributed by atoms with Gasteiger partial charge in [-0.05, 0) is 50.6 Å². The normalized spacial score (nSPS) is 18.5. The summed E-state index contributed by atoms with van der Waals surface area (Å²) in [6.07, 6.45) is 4.40. The highest BCUT2D eigenvalue weighted by atomic mass is 32.2. The van der Waals surface area contributed by atoms with Crippen LogP contribution in [-0.2, 0) is 24.1 Å². The van der Waals surface area contributed by atoms with E-state index in [0.717, 1.165) is 25.0 Å². The van der Waals surface area contributed by atoms with Crippen molar-refractivity contribution in [2.75, 3.05) is 42.0 Å². The van der Waals surface area contributed by atoms with Crippen molar-refractivity contribution in [3.8, 4) is 11.3 Å². The van der Waals surface area contributed by atoms with Gasteiger partial charge in [-0.1, -0.05) is 0 Å². The summed E-state index contributed by atoms with van der Waals surface area (Å²) in [5.74, 6) is 0.350. The molecular weight excluding hydrogens is 520 g/mol. The Bertz CT molecular complexity index is 1440. The molecule has 3 atom stereocenters. The molecular formula is C27H34N6O5S. The zero-order chi connectivity index (χ0) is 28.3. The molecule has 0 radical (unpaired) electrons. The van der Waals surface area contributed by atoms with Gasteiger partial charge in [-0.2, -0.15) is 0 Å². The Balaban J connectivity index is 1.73. The lowest BCUT2D eigenvalue weighted by Crippen LogP contribution is -2.45. The second kappa shape index (κ2) is 11.6. The number of pyridine rings is 3. The Hall–Kier alpha value is -3.61. The Labute approximate surface area is 228 Å². The van der Waals surface area contributed by atoms with Crippen LogP contribution in [0.4, 0.5) is 23.0 Å². The van der Waals surface area contributed by atoms with Gasteiger partial charge in [0.05, 0.1) is 41.6 Å². The van der Waals surface area contributed by atoms with Gasteiger partial charge in [0.25, 0.3) is 0 Å². The van der Waals surface area contributed by atoms with Crippen LogP contribution in [0.1, 0.15) is 39.4 Å². The minimum absolute atomic E-state index is 0.0828. The monoisotopic (exact) mass is 554 g/mol. The first-order chi connectivity index (χ1) is 18.4. The highest BCUT2D eigenvalue weighted by Crippen LogP contribution is 2.33. The van der Waals surface area contributed by atoms with E-state index in [2.05, 4.69) is 39.3 Å². The second-order valence-corrected chi connectivity index (χ2v) is 11.7. The molecule has 1 fully saturated rings. The van der Waals surface area contributed by atoms with Crippen LogP contribution in [0, 0.1) is 0 Å². The number of morpholine rings is 1. The molecule has 12 heteroatoms. The van der Waals surface area contributed by atoms with Crippen LogP contribution in [0.15, 0.2) is 47.8 Å². The number of carbonyl (C=O) groups excluding carboxylic acids is 1. The third-order valence-electron chi connectivity index (χ3n) is 6.31. The summed E-state index contributed by atoms with van der Waals surface area (Å²) in [5.41, 5.74) is 3.45. The van der Waals surface area contributed by atoms with E-state index in [0.29, 0.717) is 34.1 Å². The maximum absolute atomic E-state index is 12.4. The van der Waals surface area contributed by atoms with Gasteiger partial charge in [-0.3, -0.25) is 9.78 Å². The van der Waals surface area contributed by atoms with Crippen molar-refractivity contribution < 1.29 is 22.7 Å². The van der Waals surface area contributed by atoms with Crippen LogP contribution >= 0.6 is 0 Å². The molecule has 208 valence electrons. The molecule has 3 aromatic rings. The molecule has 0 unspecified atom stereocenters. The third-order valence-corrected chi connectivity index (χ3v) is 7.28. The molecule has 4 heterocycles. The Kier molecular flexibility index (Phi) is 8.48. The van der Waals surface area contributed by atoms with Crippen molar-refractivity contribution in [3.63, 3.8) is 0 Å². The van der Waals surface area contributed by atoms with E-state index in [4.69, 9.17) is 14.5 Å². The van der Waals surface area contributed by atoms with Crippen molar-refractivity contribution in [2.24, 2.45) is 0 Å². The van der Waals surface area contributed by atoms with E-state index in [1.807, 2.05) is 25.3 Å². The van der Waals surface area contributed by atoms with Crippen LogP contribution in [-0.4, -0.2) is 67.9 Å². The summed E-state index contributed by atoms with van der Waals surface area (Å²) in [7, 11) is -2.05. The largest absolute Gasteiger partial charge is 0.377 e. The Morgan fingerprint density at radius 2 is 1.82 bits per heavy atom. The molecule has 1 amide bonds. The summed E-state index contributed by atoms with van der Waals surface area (Å²) >= 11 is 0. The SMILES string of the molecule is CO[C@@H](C)c1cc(Nc2cc(NC(C)=O)ncc2-c2ccc(N3C[C@@H](C)O[C@@H](C)C3)cn2)nc(S(C)(=O)=O)c1. The predicted octanol–water partition coefficient (Wildman–Crippen LogP) is 3.97. The maximum Gasteiger partial charge on any atom is 0.222 e. The van der Waals surface area contributed by atoms with E-state index >= 15 is 0 Å². The number of ether oxygens (including phenoxy) is 2. The fourth-order valence-electron chi connectivity index (χ4n) is 4.42.